The van der Waals surface area contributed by atoms with Crippen molar-refractivity contribution in [2.24, 2.45) is 46.4 Å². The van der Waals surface area contributed by atoms with Crippen molar-refractivity contribution in [2.75, 3.05) is 39.3 Å². The highest BCUT2D eigenvalue weighted by molar-refractivity contribution is 5.99. The zero-order chi connectivity index (χ0) is 61.5. The van der Waals surface area contributed by atoms with Crippen LogP contribution in [0.1, 0.15) is 132 Å². The summed E-state index contributed by atoms with van der Waals surface area (Å²) in [4.78, 5) is 152. The fourth-order valence-corrected chi connectivity index (χ4v) is 8.62. The maximum absolute atomic E-state index is 14.4. The van der Waals surface area contributed by atoms with Gasteiger partial charge in [0.05, 0.1) is 12.2 Å². The number of carbonyl (C=O) groups excluding carboxylic acids is 11. The largest absolute Gasteiger partial charge is 0.391 e. The fraction of sp³-hybridized carbons (Fsp3) is 0.788. The third kappa shape index (κ3) is 27.5. The lowest BCUT2D eigenvalue weighted by molar-refractivity contribution is -0.137. The van der Waals surface area contributed by atoms with E-state index in [1.54, 1.807) is 27.7 Å². The molecule has 1 aliphatic heterocycles. The molecule has 81 heavy (non-hydrogen) atoms. The van der Waals surface area contributed by atoms with E-state index in [0.717, 1.165) is 12.8 Å². The van der Waals surface area contributed by atoms with Crippen molar-refractivity contribution in [2.45, 2.75) is 205 Å². The van der Waals surface area contributed by atoms with Crippen LogP contribution in [0.25, 0.3) is 0 Å². The van der Waals surface area contributed by atoms with E-state index >= 15 is 0 Å². The van der Waals surface area contributed by atoms with Gasteiger partial charge in [-0.15, -0.1) is 0 Å². The molecular weight excluding hydrogens is 1060 g/mol. The minimum Gasteiger partial charge on any atom is -0.391 e. The average molecular weight is 1160 g/mol. The van der Waals surface area contributed by atoms with E-state index in [2.05, 4.69) is 72.3 Å². The summed E-state index contributed by atoms with van der Waals surface area (Å²) >= 11 is 0. The number of unbranched alkanes of at least 4 members (excludes halogenated alkanes) is 1. The predicted molar refractivity (Wildman–Crippen MR) is 301 cm³/mol. The summed E-state index contributed by atoms with van der Waals surface area (Å²) in [6.07, 6.45) is -1.81. The van der Waals surface area contributed by atoms with Gasteiger partial charge in [-0.25, -0.2) is 0 Å². The average Bonchev–Trinajstić information content (AvgIpc) is 3.41. The number of rotatable bonds is 28. The normalized spacial score (nSPS) is 23.2. The zero-order valence-corrected chi connectivity index (χ0v) is 48.7. The van der Waals surface area contributed by atoms with Crippen molar-refractivity contribution >= 4 is 65.0 Å². The highest BCUT2D eigenvalue weighted by Crippen LogP contribution is 2.13. The van der Waals surface area contributed by atoms with Gasteiger partial charge in [-0.3, -0.25) is 52.7 Å². The highest BCUT2D eigenvalue weighted by atomic mass is 16.3. The molecule has 29 heteroatoms. The van der Waals surface area contributed by atoms with Crippen molar-refractivity contribution in [3.63, 3.8) is 0 Å². The Balaban J connectivity index is 3.83. The molecule has 12 atom stereocenters. The first-order valence-corrected chi connectivity index (χ1v) is 28.3. The molecule has 11 amide bonds. The predicted octanol–water partition coefficient (Wildman–Crippen LogP) is -5.83. The van der Waals surface area contributed by atoms with Gasteiger partial charge in [0.2, 0.25) is 65.0 Å². The number of hydrogen-bond acceptors (Lipinski definition) is 18. The summed E-state index contributed by atoms with van der Waals surface area (Å²) in [7, 11) is 0. The van der Waals surface area contributed by atoms with Crippen LogP contribution in [0.15, 0.2) is 0 Å². The molecule has 464 valence electrons. The first-order valence-electron chi connectivity index (χ1n) is 28.3. The standard InChI is InChI=1S/C52H98N16O13/c1-27(2)11-9-10-12-40(71)59-32(13-19-53)47(76)68-42(31(8)70)52(81)64-35(16-22-56)44(73)63-37-18-24-58-51(80)41(30(7)69)67-48(77)36(17-23-57)61-43(72)33(14-20-54)62-49(78)38(25-28(3)4)66-50(79)39(26-29(5)6)65-45(74)34(15-21-55)60-46(37)75/h27-39,41-42,69-70H,9-26,53-57H2,1-8H3,(H,58,80)(H,59,71)(H,60,75)(H,61,72)(H,62,78)(H,63,73)(H,64,81)(H,65,74)(H,66,79)(H,67,77)(H,68,76)/t30-,31-,32+,33+,34?,35+,36+,37?,38+,39-,41?,42+/m1/s1. The number of nitrogens with two attached hydrogens (primary N) is 5. The Labute approximate surface area is 475 Å². The molecule has 29 nitrogen and oxygen atoms in total. The molecule has 0 aliphatic carbocycles. The van der Waals surface area contributed by atoms with E-state index < -0.39 is 151 Å². The molecule has 0 aromatic carbocycles. The SMILES string of the molecule is CC(C)CCCCC(=O)N[C@@H](CCN)C(=O)N[C@H](C(=O)N[C@@H](CCN)C(=O)NC1CCNC(=O)C([C@@H](C)O)NC(=O)[C@H](CCN)NC(=O)[C@H](CCN)NC(=O)[C@H](CC(C)C)NC(=O)[C@@H](CC(C)C)NC(=O)C(CCN)NC1=O)[C@@H](C)O. The van der Waals surface area contributed by atoms with Crippen LogP contribution in [0.3, 0.4) is 0 Å². The van der Waals surface area contributed by atoms with Gasteiger partial charge in [-0.05, 0) is 122 Å². The third-order valence-electron chi connectivity index (χ3n) is 13.1. The van der Waals surface area contributed by atoms with Gasteiger partial charge in [0.25, 0.3) is 0 Å². The lowest BCUT2D eigenvalue weighted by atomic mass is 9.99. The van der Waals surface area contributed by atoms with Gasteiger partial charge in [0.1, 0.15) is 60.4 Å². The second-order valence-corrected chi connectivity index (χ2v) is 21.9. The molecule has 1 aliphatic rings. The molecule has 0 bridgehead atoms. The third-order valence-corrected chi connectivity index (χ3v) is 13.1. The van der Waals surface area contributed by atoms with Gasteiger partial charge in [0, 0.05) is 13.0 Å². The Morgan fingerprint density at radius 3 is 1.35 bits per heavy atom. The summed E-state index contributed by atoms with van der Waals surface area (Å²) in [5, 5.41) is 49.5. The second-order valence-electron chi connectivity index (χ2n) is 21.9. The van der Waals surface area contributed by atoms with Crippen LogP contribution in [0.5, 0.6) is 0 Å². The molecule has 3 unspecified atom stereocenters. The number of aliphatic hydroxyl groups excluding tert-OH is 2. The number of amides is 11. The summed E-state index contributed by atoms with van der Waals surface area (Å²) in [5.41, 5.74) is 29.2. The van der Waals surface area contributed by atoms with E-state index in [4.69, 9.17) is 28.7 Å². The lowest BCUT2D eigenvalue weighted by Gasteiger charge is -2.29. The van der Waals surface area contributed by atoms with Crippen molar-refractivity contribution in [3.05, 3.63) is 0 Å². The molecule has 1 heterocycles. The minimum atomic E-state index is -1.69. The number of nitrogens with one attached hydrogen (secondary N) is 11. The zero-order valence-electron chi connectivity index (χ0n) is 48.7. The molecule has 1 fully saturated rings. The molecule has 0 aromatic rings. The van der Waals surface area contributed by atoms with Gasteiger partial charge >= 0.3 is 0 Å². The molecule has 0 radical (unpaired) electrons. The Hall–Kier alpha value is -6.11. The molecule has 0 saturated carbocycles. The van der Waals surface area contributed by atoms with E-state index in [9.17, 15) is 63.0 Å². The smallest absolute Gasteiger partial charge is 0.245 e. The van der Waals surface area contributed by atoms with E-state index in [0.29, 0.717) is 12.3 Å². The summed E-state index contributed by atoms with van der Waals surface area (Å²) in [6.45, 7) is 12.6. The van der Waals surface area contributed by atoms with Crippen LogP contribution in [0, 0.1) is 17.8 Å². The van der Waals surface area contributed by atoms with Crippen LogP contribution < -0.4 is 87.2 Å². The summed E-state index contributed by atoms with van der Waals surface area (Å²) in [5.74, 6) is -9.55. The molecule has 0 aromatic heterocycles. The van der Waals surface area contributed by atoms with Crippen molar-refractivity contribution in [1.82, 2.24) is 58.5 Å². The maximum atomic E-state index is 14.4. The van der Waals surface area contributed by atoms with Crippen LogP contribution in [0.2, 0.25) is 0 Å². The minimum absolute atomic E-state index is 0.0139. The van der Waals surface area contributed by atoms with Crippen LogP contribution in [-0.2, 0) is 52.7 Å². The molecule has 1 saturated heterocycles. The molecule has 23 N–H and O–H groups in total. The van der Waals surface area contributed by atoms with Crippen molar-refractivity contribution < 1.29 is 63.0 Å². The number of hydrogen-bond donors (Lipinski definition) is 18. The first-order chi connectivity index (χ1) is 38.1. The van der Waals surface area contributed by atoms with Gasteiger partial charge < -0.3 is 97.4 Å². The first kappa shape index (κ1) is 72.9. The van der Waals surface area contributed by atoms with Crippen LogP contribution in [0.4, 0.5) is 0 Å². The Morgan fingerprint density at radius 1 is 0.494 bits per heavy atom. The van der Waals surface area contributed by atoms with E-state index in [1.165, 1.54) is 13.8 Å². The number of aliphatic hydroxyl groups is 2. The second kappa shape index (κ2) is 38.6. The Morgan fingerprint density at radius 2 is 0.926 bits per heavy atom. The van der Waals surface area contributed by atoms with Gasteiger partial charge in [-0.2, -0.15) is 0 Å². The van der Waals surface area contributed by atoms with Crippen molar-refractivity contribution in [3.8, 4) is 0 Å². The molecule has 1 rings (SSSR count). The van der Waals surface area contributed by atoms with Gasteiger partial charge in [0.15, 0.2) is 0 Å². The number of carbonyl (C=O) groups is 11. The topological polar surface area (TPSA) is 491 Å². The van der Waals surface area contributed by atoms with Gasteiger partial charge in [-0.1, -0.05) is 54.4 Å². The highest BCUT2D eigenvalue weighted by Gasteiger charge is 2.37. The van der Waals surface area contributed by atoms with Crippen LogP contribution >= 0.6 is 0 Å². The van der Waals surface area contributed by atoms with Crippen molar-refractivity contribution in [1.29, 1.82) is 0 Å². The molecular formula is C52H98N16O13. The summed E-state index contributed by atoms with van der Waals surface area (Å²) in [6, 6.07) is -14.5. The van der Waals surface area contributed by atoms with Crippen LogP contribution in [-0.4, -0.2) is 187 Å². The quantitative estimate of drug-likeness (QED) is 0.0325. The maximum Gasteiger partial charge on any atom is 0.245 e. The summed E-state index contributed by atoms with van der Waals surface area (Å²) < 4.78 is 0. The Bertz CT molecular complexity index is 2050. The van der Waals surface area contributed by atoms with E-state index in [1.807, 2.05) is 0 Å². The monoisotopic (exact) mass is 1150 g/mol. The lowest BCUT2D eigenvalue weighted by Crippen LogP contribution is -2.62. The van der Waals surface area contributed by atoms with E-state index in [-0.39, 0.29) is 95.9 Å². The fourth-order valence-electron chi connectivity index (χ4n) is 8.62. The Kier molecular flexibility index (Phi) is 34.7. The molecule has 0 spiro atoms.